The summed E-state index contributed by atoms with van der Waals surface area (Å²) in [7, 11) is 3.93. The molecule has 0 saturated carbocycles. The van der Waals surface area contributed by atoms with Crippen molar-refractivity contribution in [1.29, 1.82) is 0 Å². The lowest BCUT2D eigenvalue weighted by atomic mass is 10.2. The molecule has 112 valence electrons. The number of nitrogens with one attached hydrogen (secondary N) is 1. The van der Waals surface area contributed by atoms with Crippen LogP contribution in [-0.2, 0) is 6.54 Å². The Bertz CT molecular complexity index is 618. The van der Waals surface area contributed by atoms with Gasteiger partial charge in [-0.1, -0.05) is 0 Å². The third-order valence-corrected chi connectivity index (χ3v) is 2.94. The van der Waals surface area contributed by atoms with Crippen LogP contribution < -0.4 is 5.32 Å². The van der Waals surface area contributed by atoms with E-state index in [9.17, 15) is 4.79 Å². The SMILES string of the molecule is CC(C)n1ccc(NC(=O)c2ccnc(CN(C)C)c2)n1. The zero-order valence-corrected chi connectivity index (χ0v) is 12.9. The van der Waals surface area contributed by atoms with Gasteiger partial charge in [-0.15, -0.1) is 0 Å². The Hall–Kier alpha value is -2.21. The molecule has 0 saturated heterocycles. The summed E-state index contributed by atoms with van der Waals surface area (Å²) in [6, 6.07) is 5.56. The van der Waals surface area contributed by atoms with Crippen molar-refractivity contribution in [1.82, 2.24) is 19.7 Å². The molecule has 0 aromatic carbocycles. The van der Waals surface area contributed by atoms with Crippen molar-refractivity contribution < 1.29 is 4.79 Å². The van der Waals surface area contributed by atoms with Crippen molar-refractivity contribution in [2.24, 2.45) is 0 Å². The molecule has 0 aliphatic heterocycles. The number of anilines is 1. The number of rotatable bonds is 5. The third kappa shape index (κ3) is 4.13. The number of nitrogens with zero attached hydrogens (tertiary/aromatic N) is 4. The van der Waals surface area contributed by atoms with E-state index in [0.717, 1.165) is 5.69 Å². The number of pyridine rings is 1. The van der Waals surface area contributed by atoms with Crippen LogP contribution in [0, 0.1) is 0 Å². The quantitative estimate of drug-likeness (QED) is 0.915. The van der Waals surface area contributed by atoms with Crippen molar-refractivity contribution in [2.75, 3.05) is 19.4 Å². The summed E-state index contributed by atoms with van der Waals surface area (Å²) >= 11 is 0. The van der Waals surface area contributed by atoms with E-state index >= 15 is 0 Å². The Morgan fingerprint density at radius 1 is 1.38 bits per heavy atom. The average molecular weight is 287 g/mol. The summed E-state index contributed by atoms with van der Waals surface area (Å²) in [6.07, 6.45) is 3.50. The van der Waals surface area contributed by atoms with E-state index in [1.54, 1.807) is 29.1 Å². The lowest BCUT2D eigenvalue weighted by molar-refractivity contribution is 0.102. The number of hydrogen-bond acceptors (Lipinski definition) is 4. The Balaban J connectivity index is 2.08. The number of carbonyl (C=O) groups is 1. The van der Waals surface area contributed by atoms with Crippen LogP contribution in [0.15, 0.2) is 30.6 Å². The first-order valence-electron chi connectivity index (χ1n) is 6.92. The molecule has 0 atom stereocenters. The second-order valence-electron chi connectivity index (χ2n) is 5.50. The summed E-state index contributed by atoms with van der Waals surface area (Å²) < 4.78 is 1.81. The van der Waals surface area contributed by atoms with E-state index < -0.39 is 0 Å². The number of amides is 1. The molecular weight excluding hydrogens is 266 g/mol. The minimum Gasteiger partial charge on any atom is -0.305 e. The summed E-state index contributed by atoms with van der Waals surface area (Å²) in [5, 5.41) is 7.11. The van der Waals surface area contributed by atoms with E-state index in [0.29, 0.717) is 17.9 Å². The van der Waals surface area contributed by atoms with Gasteiger partial charge < -0.3 is 10.2 Å². The van der Waals surface area contributed by atoms with Gasteiger partial charge in [0.05, 0.1) is 5.69 Å². The lowest BCUT2D eigenvalue weighted by Crippen LogP contribution is -2.16. The molecule has 6 heteroatoms. The van der Waals surface area contributed by atoms with Gasteiger partial charge in [-0.2, -0.15) is 5.10 Å². The van der Waals surface area contributed by atoms with E-state index in [1.165, 1.54) is 0 Å². The van der Waals surface area contributed by atoms with Crippen molar-refractivity contribution >= 4 is 11.7 Å². The molecule has 6 nitrogen and oxygen atoms in total. The summed E-state index contributed by atoms with van der Waals surface area (Å²) in [5.41, 5.74) is 1.45. The predicted octanol–water partition coefficient (Wildman–Crippen LogP) is 2.17. The van der Waals surface area contributed by atoms with Crippen molar-refractivity contribution in [3.8, 4) is 0 Å². The van der Waals surface area contributed by atoms with E-state index in [1.807, 2.05) is 39.0 Å². The number of carbonyl (C=O) groups excluding carboxylic acids is 1. The molecular formula is C15H21N5O. The average Bonchev–Trinajstić information content (AvgIpc) is 2.87. The van der Waals surface area contributed by atoms with Crippen molar-refractivity contribution in [3.63, 3.8) is 0 Å². The highest BCUT2D eigenvalue weighted by Crippen LogP contribution is 2.11. The Morgan fingerprint density at radius 3 is 2.76 bits per heavy atom. The highest BCUT2D eigenvalue weighted by molar-refractivity contribution is 6.03. The summed E-state index contributed by atoms with van der Waals surface area (Å²) in [4.78, 5) is 18.5. The minimum absolute atomic E-state index is 0.175. The van der Waals surface area contributed by atoms with Gasteiger partial charge in [0, 0.05) is 36.6 Å². The van der Waals surface area contributed by atoms with Crippen LogP contribution in [0.3, 0.4) is 0 Å². The molecule has 2 aromatic heterocycles. The first-order valence-corrected chi connectivity index (χ1v) is 6.92. The van der Waals surface area contributed by atoms with Crippen molar-refractivity contribution in [2.45, 2.75) is 26.4 Å². The molecule has 0 unspecified atom stereocenters. The minimum atomic E-state index is -0.175. The fraction of sp³-hybridized carbons (Fsp3) is 0.400. The molecule has 2 heterocycles. The zero-order chi connectivity index (χ0) is 15.4. The first-order chi connectivity index (χ1) is 9.95. The van der Waals surface area contributed by atoms with Gasteiger partial charge in [-0.25, -0.2) is 0 Å². The largest absolute Gasteiger partial charge is 0.305 e. The molecule has 0 spiro atoms. The normalized spacial score (nSPS) is 11.1. The van der Waals surface area contributed by atoms with Gasteiger partial charge in [0.15, 0.2) is 5.82 Å². The molecule has 2 aromatic rings. The monoisotopic (exact) mass is 287 g/mol. The molecule has 0 aliphatic carbocycles. The Morgan fingerprint density at radius 2 is 2.14 bits per heavy atom. The smallest absolute Gasteiger partial charge is 0.256 e. The molecule has 0 fully saturated rings. The van der Waals surface area contributed by atoms with Crippen LogP contribution in [0.5, 0.6) is 0 Å². The van der Waals surface area contributed by atoms with Gasteiger partial charge in [-0.3, -0.25) is 14.5 Å². The van der Waals surface area contributed by atoms with Crippen LogP contribution in [-0.4, -0.2) is 39.7 Å². The van der Waals surface area contributed by atoms with E-state index in [4.69, 9.17) is 0 Å². The fourth-order valence-electron chi connectivity index (χ4n) is 1.91. The van der Waals surface area contributed by atoms with Crippen LogP contribution in [0.2, 0.25) is 0 Å². The zero-order valence-electron chi connectivity index (χ0n) is 12.9. The topological polar surface area (TPSA) is 63.1 Å². The van der Waals surface area contributed by atoms with Crippen LogP contribution in [0.1, 0.15) is 35.9 Å². The highest BCUT2D eigenvalue weighted by Gasteiger charge is 2.10. The Labute approximate surface area is 124 Å². The predicted molar refractivity (Wildman–Crippen MR) is 82.2 cm³/mol. The van der Waals surface area contributed by atoms with Gasteiger partial charge in [-0.05, 0) is 40.1 Å². The second-order valence-corrected chi connectivity index (χ2v) is 5.50. The maximum absolute atomic E-state index is 12.2. The summed E-state index contributed by atoms with van der Waals surface area (Å²) in [5.74, 6) is 0.381. The van der Waals surface area contributed by atoms with Gasteiger partial charge in [0.1, 0.15) is 0 Å². The number of aromatic nitrogens is 3. The standard InChI is InChI=1S/C15H21N5O/c1-11(2)20-8-6-14(18-20)17-15(21)12-5-7-16-13(9-12)10-19(3)4/h5-9,11H,10H2,1-4H3,(H,17,18,21). The van der Waals surface area contributed by atoms with E-state index in [-0.39, 0.29) is 11.9 Å². The molecule has 0 radical (unpaired) electrons. The van der Waals surface area contributed by atoms with Crippen molar-refractivity contribution in [3.05, 3.63) is 41.9 Å². The molecule has 0 aliphatic rings. The molecule has 1 amide bonds. The highest BCUT2D eigenvalue weighted by atomic mass is 16.1. The molecule has 0 bridgehead atoms. The van der Waals surface area contributed by atoms with Crippen LogP contribution in [0.25, 0.3) is 0 Å². The fourth-order valence-corrected chi connectivity index (χ4v) is 1.91. The molecule has 1 N–H and O–H groups in total. The van der Waals surface area contributed by atoms with Crippen LogP contribution >= 0.6 is 0 Å². The molecule has 21 heavy (non-hydrogen) atoms. The maximum atomic E-state index is 12.2. The maximum Gasteiger partial charge on any atom is 0.256 e. The van der Waals surface area contributed by atoms with E-state index in [2.05, 4.69) is 15.4 Å². The Kier molecular flexibility index (Phi) is 4.70. The van der Waals surface area contributed by atoms with Crippen LogP contribution in [0.4, 0.5) is 5.82 Å². The lowest BCUT2D eigenvalue weighted by Gasteiger charge is -2.09. The second kappa shape index (κ2) is 6.49. The third-order valence-electron chi connectivity index (χ3n) is 2.94. The number of hydrogen-bond donors (Lipinski definition) is 1. The summed E-state index contributed by atoms with van der Waals surface area (Å²) in [6.45, 7) is 4.77. The van der Waals surface area contributed by atoms with Gasteiger partial charge >= 0.3 is 0 Å². The van der Waals surface area contributed by atoms with Gasteiger partial charge in [0.25, 0.3) is 5.91 Å². The first kappa shape index (κ1) is 15.2. The van der Waals surface area contributed by atoms with Gasteiger partial charge in [0.2, 0.25) is 0 Å². The molecule has 2 rings (SSSR count).